The van der Waals surface area contributed by atoms with Crippen LogP contribution in [0.4, 0.5) is 5.69 Å². The average Bonchev–Trinajstić information content (AvgIpc) is 2.36. The third-order valence-electron chi connectivity index (χ3n) is 3.65. The van der Waals surface area contributed by atoms with Crippen molar-refractivity contribution in [3.05, 3.63) is 28.2 Å². The largest absolute Gasteiger partial charge is 0.369 e. The highest BCUT2D eigenvalue weighted by Crippen LogP contribution is 2.34. The van der Waals surface area contributed by atoms with Crippen LogP contribution in [0.3, 0.4) is 0 Å². The molecule has 1 heterocycles. The van der Waals surface area contributed by atoms with Gasteiger partial charge < -0.3 is 10.2 Å². The number of halogens is 1. The van der Waals surface area contributed by atoms with Gasteiger partial charge in [-0.05, 0) is 31.7 Å². The van der Waals surface area contributed by atoms with Crippen LogP contribution in [0.5, 0.6) is 0 Å². The number of benzene rings is 1. The SMILES string of the molecule is CNC(C)c1ccc(Br)cc1N1CC(C)SC(C)C1. The minimum absolute atomic E-state index is 0.378. The molecule has 0 saturated carbocycles. The fourth-order valence-corrected chi connectivity index (χ4v) is 4.36. The van der Waals surface area contributed by atoms with Gasteiger partial charge in [-0.25, -0.2) is 0 Å². The Labute approximate surface area is 129 Å². The summed E-state index contributed by atoms with van der Waals surface area (Å²) >= 11 is 5.71. The molecule has 3 unspecified atom stereocenters. The standard InChI is InChI=1S/C15H23BrN2S/c1-10-8-18(9-11(2)19-10)15-7-13(16)5-6-14(15)12(3)17-4/h5-7,10-12,17H,8-9H2,1-4H3. The molecule has 2 rings (SSSR count). The Balaban J connectivity index is 2.33. The van der Waals surface area contributed by atoms with Crippen LogP contribution in [0.25, 0.3) is 0 Å². The van der Waals surface area contributed by atoms with E-state index >= 15 is 0 Å². The van der Waals surface area contributed by atoms with Gasteiger partial charge in [0.25, 0.3) is 0 Å². The Bertz CT molecular complexity index is 428. The van der Waals surface area contributed by atoms with E-state index < -0.39 is 0 Å². The van der Waals surface area contributed by atoms with Crippen molar-refractivity contribution < 1.29 is 0 Å². The predicted molar refractivity (Wildman–Crippen MR) is 90.3 cm³/mol. The summed E-state index contributed by atoms with van der Waals surface area (Å²) in [4.78, 5) is 2.54. The average molecular weight is 343 g/mol. The molecule has 1 fully saturated rings. The topological polar surface area (TPSA) is 15.3 Å². The molecule has 1 aliphatic heterocycles. The number of anilines is 1. The quantitative estimate of drug-likeness (QED) is 0.891. The fourth-order valence-electron chi connectivity index (χ4n) is 2.69. The van der Waals surface area contributed by atoms with Crippen molar-refractivity contribution >= 4 is 33.4 Å². The Hall–Kier alpha value is -0.190. The molecule has 0 aliphatic carbocycles. The van der Waals surface area contributed by atoms with Gasteiger partial charge in [0, 0.05) is 39.8 Å². The zero-order chi connectivity index (χ0) is 14.0. The van der Waals surface area contributed by atoms with Crippen LogP contribution < -0.4 is 10.2 Å². The predicted octanol–water partition coefficient (Wildman–Crippen LogP) is 4.06. The lowest BCUT2D eigenvalue weighted by atomic mass is 10.0. The van der Waals surface area contributed by atoms with Gasteiger partial charge in [-0.1, -0.05) is 35.8 Å². The molecule has 19 heavy (non-hydrogen) atoms. The van der Waals surface area contributed by atoms with Crippen molar-refractivity contribution in [2.45, 2.75) is 37.3 Å². The second kappa shape index (κ2) is 6.51. The van der Waals surface area contributed by atoms with Crippen LogP contribution in [0, 0.1) is 0 Å². The van der Waals surface area contributed by atoms with Gasteiger partial charge in [-0.2, -0.15) is 11.8 Å². The summed E-state index contributed by atoms with van der Waals surface area (Å²) in [5.74, 6) is 0. The first kappa shape index (κ1) is 15.2. The van der Waals surface area contributed by atoms with Crippen LogP contribution in [-0.2, 0) is 0 Å². The minimum Gasteiger partial charge on any atom is -0.369 e. The molecule has 1 aromatic rings. The summed E-state index contributed by atoms with van der Waals surface area (Å²) in [6.45, 7) is 9.14. The van der Waals surface area contributed by atoms with Crippen molar-refractivity contribution in [1.29, 1.82) is 0 Å². The first-order valence-electron chi connectivity index (χ1n) is 6.88. The molecule has 0 aromatic heterocycles. The Morgan fingerprint density at radius 1 is 1.32 bits per heavy atom. The number of nitrogens with zero attached hydrogens (tertiary/aromatic N) is 1. The molecule has 3 atom stereocenters. The smallest absolute Gasteiger partial charge is 0.0426 e. The van der Waals surface area contributed by atoms with E-state index in [4.69, 9.17) is 0 Å². The highest BCUT2D eigenvalue weighted by Gasteiger charge is 2.25. The molecule has 0 radical (unpaired) electrons. The van der Waals surface area contributed by atoms with E-state index in [0.717, 1.165) is 17.6 Å². The van der Waals surface area contributed by atoms with E-state index in [0.29, 0.717) is 16.5 Å². The monoisotopic (exact) mass is 342 g/mol. The third kappa shape index (κ3) is 3.67. The van der Waals surface area contributed by atoms with E-state index in [-0.39, 0.29) is 0 Å². The molecule has 1 N–H and O–H groups in total. The van der Waals surface area contributed by atoms with Gasteiger partial charge in [0.1, 0.15) is 0 Å². The summed E-state index contributed by atoms with van der Waals surface area (Å²) in [7, 11) is 2.02. The lowest BCUT2D eigenvalue weighted by Gasteiger charge is -2.38. The van der Waals surface area contributed by atoms with E-state index in [9.17, 15) is 0 Å². The molecule has 1 aromatic carbocycles. The van der Waals surface area contributed by atoms with Gasteiger partial charge in [0.05, 0.1) is 0 Å². The van der Waals surface area contributed by atoms with Gasteiger partial charge >= 0.3 is 0 Å². The molecule has 2 nitrogen and oxygen atoms in total. The highest BCUT2D eigenvalue weighted by atomic mass is 79.9. The molecule has 0 spiro atoms. The zero-order valence-corrected chi connectivity index (χ0v) is 14.5. The molecule has 0 bridgehead atoms. The van der Waals surface area contributed by atoms with Crippen LogP contribution in [0.15, 0.2) is 22.7 Å². The van der Waals surface area contributed by atoms with Crippen molar-refractivity contribution in [3.8, 4) is 0 Å². The van der Waals surface area contributed by atoms with Gasteiger partial charge in [0.2, 0.25) is 0 Å². The number of hydrogen-bond donors (Lipinski definition) is 1. The third-order valence-corrected chi connectivity index (χ3v) is 5.37. The van der Waals surface area contributed by atoms with Crippen LogP contribution >= 0.6 is 27.7 Å². The Kier molecular flexibility index (Phi) is 5.21. The second-order valence-corrected chi connectivity index (χ2v) is 8.17. The fraction of sp³-hybridized carbons (Fsp3) is 0.600. The van der Waals surface area contributed by atoms with E-state index in [1.54, 1.807) is 0 Å². The van der Waals surface area contributed by atoms with Crippen molar-refractivity contribution in [3.63, 3.8) is 0 Å². The van der Waals surface area contributed by atoms with Crippen LogP contribution in [0.2, 0.25) is 0 Å². The molecule has 0 amide bonds. The van der Waals surface area contributed by atoms with E-state index in [2.05, 4.69) is 76.9 Å². The van der Waals surface area contributed by atoms with Crippen molar-refractivity contribution in [2.24, 2.45) is 0 Å². The van der Waals surface area contributed by atoms with Gasteiger partial charge in [0.15, 0.2) is 0 Å². The first-order chi connectivity index (χ1) is 9.01. The Morgan fingerprint density at radius 2 is 1.95 bits per heavy atom. The number of thioether (sulfide) groups is 1. The number of nitrogens with one attached hydrogen (secondary N) is 1. The zero-order valence-electron chi connectivity index (χ0n) is 12.1. The lowest BCUT2D eigenvalue weighted by molar-refractivity contribution is 0.642. The summed E-state index contributed by atoms with van der Waals surface area (Å²) in [5.41, 5.74) is 2.76. The molecule has 106 valence electrons. The normalized spacial score (nSPS) is 25.4. The summed E-state index contributed by atoms with van der Waals surface area (Å²) in [5, 5.41) is 4.75. The van der Waals surface area contributed by atoms with Crippen LogP contribution in [-0.4, -0.2) is 30.6 Å². The summed E-state index contributed by atoms with van der Waals surface area (Å²) < 4.78 is 1.16. The molecular formula is C15H23BrN2S. The molecular weight excluding hydrogens is 320 g/mol. The molecule has 1 saturated heterocycles. The maximum atomic E-state index is 3.61. The second-order valence-electron chi connectivity index (χ2n) is 5.38. The van der Waals surface area contributed by atoms with E-state index in [1.165, 1.54) is 11.3 Å². The summed E-state index contributed by atoms with van der Waals surface area (Å²) in [6, 6.07) is 7.01. The van der Waals surface area contributed by atoms with Gasteiger partial charge in [-0.15, -0.1) is 0 Å². The van der Waals surface area contributed by atoms with Gasteiger partial charge in [-0.3, -0.25) is 0 Å². The van der Waals surface area contributed by atoms with Crippen molar-refractivity contribution in [1.82, 2.24) is 5.32 Å². The van der Waals surface area contributed by atoms with Crippen molar-refractivity contribution in [2.75, 3.05) is 25.0 Å². The number of rotatable bonds is 3. The lowest BCUT2D eigenvalue weighted by Crippen LogP contribution is -2.41. The minimum atomic E-state index is 0.378. The maximum absolute atomic E-state index is 3.61. The molecule has 1 aliphatic rings. The van der Waals surface area contributed by atoms with E-state index in [1.807, 2.05) is 7.05 Å². The maximum Gasteiger partial charge on any atom is 0.0426 e. The Morgan fingerprint density at radius 3 is 2.53 bits per heavy atom. The first-order valence-corrected chi connectivity index (χ1v) is 8.62. The van der Waals surface area contributed by atoms with Crippen LogP contribution in [0.1, 0.15) is 32.4 Å². The number of hydrogen-bond acceptors (Lipinski definition) is 3. The highest BCUT2D eigenvalue weighted by molar-refractivity contribution is 9.10. The summed E-state index contributed by atoms with van der Waals surface area (Å²) in [6.07, 6.45) is 0. The molecule has 4 heteroatoms.